The number of aromatic nitrogens is 3. The third-order valence-electron chi connectivity index (χ3n) is 11.8. The molecule has 5 nitrogen and oxygen atoms in total. The van der Waals surface area contributed by atoms with E-state index in [1.165, 1.54) is 5.56 Å². The molecule has 0 spiro atoms. The third-order valence-corrected chi connectivity index (χ3v) is 11.8. The molecule has 0 saturated heterocycles. The van der Waals surface area contributed by atoms with E-state index >= 15 is 0 Å². The smallest absolute Gasteiger partial charge is 0.160 e. The molecule has 0 N–H and O–H groups in total. The lowest BCUT2D eigenvalue weighted by Gasteiger charge is -2.14. The van der Waals surface area contributed by atoms with E-state index in [0.717, 1.165) is 111 Å². The van der Waals surface area contributed by atoms with Crippen LogP contribution in [0.2, 0.25) is 0 Å². The topological polar surface area (TPSA) is 65.0 Å². The summed E-state index contributed by atoms with van der Waals surface area (Å²) in [5, 5.41) is 4.35. The van der Waals surface area contributed by atoms with Gasteiger partial charge in [0.15, 0.2) is 5.82 Å². The van der Waals surface area contributed by atoms with Gasteiger partial charge in [-0.25, -0.2) is 9.97 Å². The number of pyridine rings is 1. The number of hydrogen-bond acceptors (Lipinski definition) is 5. The van der Waals surface area contributed by atoms with Gasteiger partial charge in [0.2, 0.25) is 0 Å². The summed E-state index contributed by atoms with van der Waals surface area (Å²) < 4.78 is 12.5. The van der Waals surface area contributed by atoms with Crippen LogP contribution in [0.1, 0.15) is 0 Å². The van der Waals surface area contributed by atoms with E-state index in [0.29, 0.717) is 5.82 Å². The van der Waals surface area contributed by atoms with Crippen molar-refractivity contribution in [1.82, 2.24) is 15.0 Å². The minimum atomic E-state index is 0.645. The molecule has 12 rings (SSSR count). The zero-order valence-corrected chi connectivity index (χ0v) is 33.4. The maximum Gasteiger partial charge on any atom is 0.160 e. The van der Waals surface area contributed by atoms with Gasteiger partial charge < -0.3 is 8.83 Å². The summed E-state index contributed by atoms with van der Waals surface area (Å²) in [7, 11) is 0. The van der Waals surface area contributed by atoms with E-state index in [2.05, 4.69) is 169 Å². The van der Waals surface area contributed by atoms with Crippen molar-refractivity contribution in [3.63, 3.8) is 0 Å². The minimum Gasteiger partial charge on any atom is -0.456 e. The maximum atomic E-state index is 6.24. The van der Waals surface area contributed by atoms with Crippen LogP contribution in [-0.2, 0) is 0 Å². The molecule has 0 amide bonds. The Kier molecular flexibility index (Phi) is 8.42. The molecule has 0 aliphatic rings. The van der Waals surface area contributed by atoms with Crippen molar-refractivity contribution < 1.29 is 8.83 Å². The highest BCUT2D eigenvalue weighted by atomic mass is 16.3. The first-order chi connectivity index (χ1) is 30.7. The van der Waals surface area contributed by atoms with E-state index < -0.39 is 0 Å². The van der Waals surface area contributed by atoms with Gasteiger partial charge in [0.1, 0.15) is 22.3 Å². The number of fused-ring (bicyclic) bond motifs is 6. The monoisotopic (exact) mass is 793 g/mol. The number of nitrogens with zero attached hydrogens (tertiary/aromatic N) is 3. The maximum absolute atomic E-state index is 6.24. The van der Waals surface area contributed by atoms with Crippen LogP contribution in [0.3, 0.4) is 0 Å². The second kappa shape index (κ2) is 14.7. The van der Waals surface area contributed by atoms with Gasteiger partial charge in [-0.05, 0) is 111 Å². The van der Waals surface area contributed by atoms with Gasteiger partial charge >= 0.3 is 0 Å². The molecule has 0 atom stereocenters. The first-order valence-electron chi connectivity index (χ1n) is 20.7. The van der Waals surface area contributed by atoms with Crippen LogP contribution in [0.5, 0.6) is 0 Å². The lowest BCUT2D eigenvalue weighted by atomic mass is 9.93. The van der Waals surface area contributed by atoms with E-state index in [9.17, 15) is 0 Å². The first-order valence-corrected chi connectivity index (χ1v) is 20.7. The van der Waals surface area contributed by atoms with E-state index in [4.69, 9.17) is 18.8 Å². The van der Waals surface area contributed by atoms with Crippen molar-refractivity contribution in [3.05, 3.63) is 213 Å². The first kappa shape index (κ1) is 35.5. The largest absolute Gasteiger partial charge is 0.456 e. The molecule has 0 fully saturated rings. The second-order valence-corrected chi connectivity index (χ2v) is 15.6. The Morgan fingerprint density at radius 1 is 0.274 bits per heavy atom. The van der Waals surface area contributed by atoms with Gasteiger partial charge in [-0.2, -0.15) is 0 Å². The van der Waals surface area contributed by atoms with Crippen molar-refractivity contribution >= 4 is 43.9 Å². The average Bonchev–Trinajstić information content (AvgIpc) is 3.92. The molecule has 5 heteroatoms. The number of furan rings is 2. The number of para-hydroxylation sites is 2. The Morgan fingerprint density at radius 3 is 1.32 bits per heavy atom. The molecule has 8 aromatic carbocycles. The lowest BCUT2D eigenvalue weighted by molar-refractivity contribution is 0.668. The molecule has 0 aliphatic carbocycles. The Hall–Kier alpha value is -8.41. The van der Waals surface area contributed by atoms with Crippen molar-refractivity contribution in [1.29, 1.82) is 0 Å². The average molecular weight is 794 g/mol. The highest BCUT2D eigenvalue weighted by Gasteiger charge is 2.17. The molecule has 0 unspecified atom stereocenters. The van der Waals surface area contributed by atoms with Gasteiger partial charge in [0.05, 0.1) is 11.4 Å². The van der Waals surface area contributed by atoms with E-state index in [1.807, 2.05) is 42.6 Å². The summed E-state index contributed by atoms with van der Waals surface area (Å²) in [6.07, 6.45) is 3.68. The molecule has 0 saturated carbocycles. The molecular formula is C57H35N3O2. The number of benzene rings is 8. The minimum absolute atomic E-state index is 0.645. The lowest BCUT2D eigenvalue weighted by Crippen LogP contribution is -1.97. The summed E-state index contributed by atoms with van der Waals surface area (Å²) in [6, 6.07) is 69.8. The van der Waals surface area contributed by atoms with E-state index in [-0.39, 0.29) is 0 Å². The van der Waals surface area contributed by atoms with Gasteiger partial charge in [-0.15, -0.1) is 0 Å². The van der Waals surface area contributed by atoms with Gasteiger partial charge in [0.25, 0.3) is 0 Å². The van der Waals surface area contributed by atoms with Crippen LogP contribution in [0.15, 0.2) is 221 Å². The third kappa shape index (κ3) is 6.40. The fraction of sp³-hybridized carbons (Fsp3) is 0. The highest BCUT2D eigenvalue weighted by molar-refractivity contribution is 6.07. The normalized spacial score (nSPS) is 11.5. The standard InChI is InChI=1S/C57H35N3O2/c1-2-9-36(10-3-1)37-16-20-39(21-17-37)51-34-52(60-57(59-51)40-22-18-38(19-23-40)43-11-8-28-58-35-43)46-30-44(41-24-26-55-49(32-41)47-12-4-6-14-53(47)61-55)29-45(31-46)42-25-27-56-50(33-42)48-13-5-7-15-54(48)62-56/h1-35H. The molecule has 290 valence electrons. The summed E-state index contributed by atoms with van der Waals surface area (Å²) >= 11 is 0. The van der Waals surface area contributed by atoms with Crippen molar-refractivity contribution in [2.45, 2.75) is 0 Å². The van der Waals surface area contributed by atoms with Gasteiger partial charge in [-0.3, -0.25) is 4.98 Å². The van der Waals surface area contributed by atoms with Crippen molar-refractivity contribution in [2.75, 3.05) is 0 Å². The Morgan fingerprint density at radius 2 is 0.726 bits per heavy atom. The van der Waals surface area contributed by atoms with Crippen LogP contribution in [0.4, 0.5) is 0 Å². The van der Waals surface area contributed by atoms with Crippen LogP contribution in [-0.4, -0.2) is 15.0 Å². The van der Waals surface area contributed by atoms with Gasteiger partial charge in [-0.1, -0.05) is 133 Å². The number of rotatable bonds is 7. The Labute approximate surface area is 357 Å². The highest BCUT2D eigenvalue weighted by Crippen LogP contribution is 2.39. The molecule has 12 aromatic rings. The summed E-state index contributed by atoms with van der Waals surface area (Å²) in [4.78, 5) is 14.9. The molecule has 0 aliphatic heterocycles. The van der Waals surface area contributed by atoms with E-state index in [1.54, 1.807) is 6.20 Å². The predicted octanol–water partition coefficient (Wildman–Crippen LogP) is 15.3. The number of hydrogen-bond donors (Lipinski definition) is 0. The molecular weight excluding hydrogens is 759 g/mol. The Bertz CT molecular complexity index is 3380. The van der Waals surface area contributed by atoms with Crippen LogP contribution < -0.4 is 0 Å². The van der Waals surface area contributed by atoms with Crippen LogP contribution >= 0.6 is 0 Å². The summed E-state index contributed by atoms with van der Waals surface area (Å²) in [5.74, 6) is 0.645. The fourth-order valence-corrected chi connectivity index (χ4v) is 8.60. The molecule has 4 heterocycles. The predicted molar refractivity (Wildman–Crippen MR) is 252 cm³/mol. The molecule has 4 aromatic heterocycles. The fourth-order valence-electron chi connectivity index (χ4n) is 8.60. The zero-order chi connectivity index (χ0) is 41.0. The zero-order valence-electron chi connectivity index (χ0n) is 33.4. The SMILES string of the molecule is c1ccc(-c2ccc(-c3cc(-c4cc(-c5ccc6oc7ccccc7c6c5)cc(-c5ccc6oc7ccccc7c6c5)c4)nc(-c4ccc(-c5cccnc5)cc4)n3)cc2)cc1. The van der Waals surface area contributed by atoms with Crippen LogP contribution in [0.25, 0.3) is 122 Å². The molecule has 62 heavy (non-hydrogen) atoms. The quantitative estimate of drug-likeness (QED) is 0.161. The van der Waals surface area contributed by atoms with Crippen LogP contribution in [0, 0.1) is 0 Å². The second-order valence-electron chi connectivity index (χ2n) is 15.6. The summed E-state index contributed by atoms with van der Waals surface area (Å²) in [6.45, 7) is 0. The molecule has 0 bridgehead atoms. The van der Waals surface area contributed by atoms with Gasteiger partial charge in [0, 0.05) is 50.6 Å². The summed E-state index contributed by atoms with van der Waals surface area (Å²) in [5.41, 5.74) is 16.8. The van der Waals surface area contributed by atoms with Crippen molar-refractivity contribution in [2.24, 2.45) is 0 Å². The van der Waals surface area contributed by atoms with Crippen molar-refractivity contribution in [3.8, 4) is 78.4 Å². The Balaban J connectivity index is 1.05. The molecule has 0 radical (unpaired) electrons.